The fourth-order valence-electron chi connectivity index (χ4n) is 4.58. The average Bonchev–Trinajstić information content (AvgIpc) is 2.77. The topological polar surface area (TPSA) is 61.9 Å². The van der Waals surface area contributed by atoms with Crippen LogP contribution in [0.4, 0.5) is 11.4 Å². The molecular formula is C25H32ClN3O3. The van der Waals surface area contributed by atoms with Crippen molar-refractivity contribution in [1.82, 2.24) is 4.90 Å². The Balaban J connectivity index is 0.00000289. The number of amides is 2. The Morgan fingerprint density at radius 3 is 2.38 bits per heavy atom. The summed E-state index contributed by atoms with van der Waals surface area (Å²) in [5, 5.41) is 2.80. The fourth-order valence-corrected chi connectivity index (χ4v) is 4.58. The van der Waals surface area contributed by atoms with Gasteiger partial charge in [0.2, 0.25) is 5.91 Å². The Labute approximate surface area is 196 Å². The third-order valence-electron chi connectivity index (χ3n) is 6.31. The number of carbonyl (C=O) groups is 2. The molecule has 32 heavy (non-hydrogen) atoms. The van der Waals surface area contributed by atoms with Gasteiger partial charge in [-0.3, -0.25) is 9.59 Å². The van der Waals surface area contributed by atoms with Crippen molar-refractivity contribution in [2.75, 3.05) is 36.4 Å². The summed E-state index contributed by atoms with van der Waals surface area (Å²) in [6, 6.07) is 18.0. The molecule has 2 saturated heterocycles. The van der Waals surface area contributed by atoms with Crippen LogP contribution in [0.1, 0.15) is 32.3 Å². The minimum Gasteiger partial charge on any atom is -0.360 e. The molecule has 0 saturated carbocycles. The number of hydrogen-bond donors (Lipinski definition) is 1. The summed E-state index contributed by atoms with van der Waals surface area (Å²) in [5.74, 6) is -0.0104. The smallest absolute Gasteiger partial charge is 0.255 e. The van der Waals surface area contributed by atoms with E-state index in [1.54, 1.807) is 0 Å². The van der Waals surface area contributed by atoms with Crippen LogP contribution in [0.5, 0.6) is 0 Å². The number of halogens is 1. The zero-order chi connectivity index (χ0) is 21.8. The SMILES string of the molecule is CC(=O)Nc1ccc(CCN2CCC3(CC2)CN(c2ccccc2)C(=O)C(C)O3)cc1.Cl. The van der Waals surface area contributed by atoms with Crippen LogP contribution in [0.2, 0.25) is 0 Å². The van der Waals surface area contributed by atoms with Crippen LogP contribution in [0.25, 0.3) is 0 Å². The highest BCUT2D eigenvalue weighted by atomic mass is 35.5. The Morgan fingerprint density at radius 2 is 1.75 bits per heavy atom. The molecule has 1 unspecified atom stereocenters. The van der Waals surface area contributed by atoms with E-state index in [-0.39, 0.29) is 29.8 Å². The largest absolute Gasteiger partial charge is 0.360 e. The van der Waals surface area contributed by atoms with Gasteiger partial charge in [0.15, 0.2) is 0 Å². The fraction of sp³-hybridized carbons (Fsp3) is 0.440. The lowest BCUT2D eigenvalue weighted by Crippen LogP contribution is -2.61. The van der Waals surface area contributed by atoms with Gasteiger partial charge in [0, 0.05) is 37.9 Å². The number of nitrogens with zero attached hydrogens (tertiary/aromatic N) is 2. The number of anilines is 2. The van der Waals surface area contributed by atoms with E-state index in [2.05, 4.69) is 22.3 Å². The van der Waals surface area contributed by atoms with E-state index in [0.29, 0.717) is 6.54 Å². The first-order valence-corrected chi connectivity index (χ1v) is 11.1. The summed E-state index contributed by atoms with van der Waals surface area (Å²) in [4.78, 5) is 28.3. The van der Waals surface area contributed by atoms with Gasteiger partial charge in [-0.2, -0.15) is 0 Å². The Morgan fingerprint density at radius 1 is 1.09 bits per heavy atom. The van der Waals surface area contributed by atoms with Gasteiger partial charge >= 0.3 is 0 Å². The summed E-state index contributed by atoms with van der Waals surface area (Å²) < 4.78 is 6.28. The first-order chi connectivity index (χ1) is 14.9. The van der Waals surface area contributed by atoms with Crippen molar-refractivity contribution in [3.8, 4) is 0 Å². The predicted molar refractivity (Wildman–Crippen MR) is 129 cm³/mol. The molecular weight excluding hydrogens is 426 g/mol. The van der Waals surface area contributed by atoms with Crippen molar-refractivity contribution < 1.29 is 14.3 Å². The molecule has 1 N–H and O–H groups in total. The molecule has 172 valence electrons. The Kier molecular flexibility index (Phi) is 7.93. The van der Waals surface area contributed by atoms with Gasteiger partial charge in [-0.05, 0) is 56.0 Å². The van der Waals surface area contributed by atoms with Crippen LogP contribution in [0.15, 0.2) is 54.6 Å². The van der Waals surface area contributed by atoms with Gasteiger partial charge in [0.25, 0.3) is 5.91 Å². The van der Waals surface area contributed by atoms with Crippen LogP contribution < -0.4 is 10.2 Å². The molecule has 2 aromatic rings. The molecule has 2 amide bonds. The molecule has 0 aliphatic carbocycles. The van der Waals surface area contributed by atoms with E-state index in [0.717, 1.165) is 50.3 Å². The zero-order valence-electron chi connectivity index (χ0n) is 18.8. The summed E-state index contributed by atoms with van der Waals surface area (Å²) >= 11 is 0. The molecule has 0 radical (unpaired) electrons. The van der Waals surface area contributed by atoms with Crippen LogP contribution in [-0.4, -0.2) is 54.6 Å². The third-order valence-corrected chi connectivity index (χ3v) is 6.31. The molecule has 0 aromatic heterocycles. The summed E-state index contributed by atoms with van der Waals surface area (Å²) in [7, 11) is 0. The second kappa shape index (κ2) is 10.5. The van der Waals surface area contributed by atoms with E-state index in [1.807, 2.05) is 54.3 Å². The van der Waals surface area contributed by atoms with Gasteiger partial charge < -0.3 is 19.9 Å². The molecule has 0 bridgehead atoms. The number of benzene rings is 2. The number of nitrogens with one attached hydrogen (secondary N) is 1. The van der Waals surface area contributed by atoms with Gasteiger partial charge in [-0.25, -0.2) is 0 Å². The van der Waals surface area contributed by atoms with Crippen LogP contribution in [-0.2, 0) is 20.7 Å². The molecule has 2 heterocycles. The number of para-hydroxylation sites is 1. The molecule has 2 aliphatic rings. The maximum Gasteiger partial charge on any atom is 0.255 e. The lowest BCUT2D eigenvalue weighted by molar-refractivity contribution is -0.161. The molecule has 1 spiro atoms. The zero-order valence-corrected chi connectivity index (χ0v) is 19.6. The summed E-state index contributed by atoms with van der Waals surface area (Å²) in [6.07, 6.45) is 2.41. The minimum atomic E-state index is -0.414. The molecule has 7 heteroatoms. The average molecular weight is 458 g/mol. The van der Waals surface area contributed by atoms with Crippen molar-refractivity contribution >= 4 is 35.6 Å². The lowest BCUT2D eigenvalue weighted by Gasteiger charge is -2.49. The molecule has 2 aromatic carbocycles. The van der Waals surface area contributed by atoms with E-state index in [4.69, 9.17) is 4.74 Å². The standard InChI is InChI=1S/C25H31N3O3.ClH/c1-19-24(30)28(23-6-4-3-5-7-23)18-25(31-19)13-16-27(17-14-25)15-12-21-8-10-22(11-9-21)26-20(2)29;/h3-11,19H,12-18H2,1-2H3,(H,26,29);1H. The van der Waals surface area contributed by atoms with Crippen LogP contribution >= 0.6 is 12.4 Å². The summed E-state index contributed by atoms with van der Waals surface area (Å²) in [6.45, 7) is 6.94. The van der Waals surface area contributed by atoms with E-state index < -0.39 is 6.10 Å². The molecule has 1 atom stereocenters. The highest BCUT2D eigenvalue weighted by molar-refractivity contribution is 5.97. The normalized spacial score (nSPS) is 20.6. The first kappa shape index (κ1) is 24.2. The van der Waals surface area contributed by atoms with Crippen LogP contribution in [0, 0.1) is 0 Å². The van der Waals surface area contributed by atoms with E-state index in [9.17, 15) is 9.59 Å². The van der Waals surface area contributed by atoms with Gasteiger partial charge in [0.1, 0.15) is 6.10 Å². The van der Waals surface area contributed by atoms with Gasteiger partial charge in [0.05, 0.1) is 12.1 Å². The number of piperidine rings is 1. The third kappa shape index (κ3) is 5.68. The minimum absolute atomic E-state index is 0. The number of likely N-dealkylation sites (tertiary alicyclic amines) is 1. The van der Waals surface area contributed by atoms with Crippen LogP contribution in [0.3, 0.4) is 0 Å². The van der Waals surface area contributed by atoms with Crippen molar-refractivity contribution in [2.45, 2.75) is 44.8 Å². The molecule has 2 aliphatic heterocycles. The summed E-state index contributed by atoms with van der Waals surface area (Å²) in [5.41, 5.74) is 2.78. The highest BCUT2D eigenvalue weighted by Gasteiger charge is 2.45. The number of morpholine rings is 1. The molecule has 4 rings (SSSR count). The molecule has 2 fully saturated rings. The maximum absolute atomic E-state index is 12.7. The van der Waals surface area contributed by atoms with Crippen molar-refractivity contribution in [3.63, 3.8) is 0 Å². The number of carbonyl (C=O) groups excluding carboxylic acids is 2. The Hall–Kier alpha value is -2.41. The lowest BCUT2D eigenvalue weighted by atomic mass is 9.88. The van der Waals surface area contributed by atoms with Gasteiger partial charge in [-0.15, -0.1) is 12.4 Å². The second-order valence-electron chi connectivity index (χ2n) is 8.67. The quantitative estimate of drug-likeness (QED) is 0.739. The van der Waals surface area contributed by atoms with E-state index >= 15 is 0 Å². The second-order valence-corrected chi connectivity index (χ2v) is 8.67. The van der Waals surface area contributed by atoms with Crippen molar-refractivity contribution in [2.24, 2.45) is 0 Å². The maximum atomic E-state index is 12.7. The highest BCUT2D eigenvalue weighted by Crippen LogP contribution is 2.35. The molecule has 6 nitrogen and oxygen atoms in total. The van der Waals surface area contributed by atoms with Gasteiger partial charge in [-0.1, -0.05) is 30.3 Å². The predicted octanol–water partition coefficient (Wildman–Crippen LogP) is 3.90. The number of rotatable bonds is 5. The van der Waals surface area contributed by atoms with E-state index in [1.165, 1.54) is 12.5 Å². The Bertz CT molecular complexity index is 912. The number of hydrogen-bond acceptors (Lipinski definition) is 4. The number of ether oxygens (including phenoxy) is 1. The first-order valence-electron chi connectivity index (χ1n) is 11.1. The van der Waals surface area contributed by atoms with Crippen molar-refractivity contribution in [3.05, 3.63) is 60.2 Å². The monoisotopic (exact) mass is 457 g/mol. The van der Waals surface area contributed by atoms with Crippen molar-refractivity contribution in [1.29, 1.82) is 0 Å².